The van der Waals surface area contributed by atoms with Gasteiger partial charge in [0.25, 0.3) is 0 Å². The van der Waals surface area contributed by atoms with E-state index in [2.05, 4.69) is 36.9 Å². The number of aromatic nitrogens is 1. The largest absolute Gasteiger partial charge is 0.426 e. The smallest absolute Gasteiger partial charge is 0.313 e. The molecule has 0 aliphatic rings. The second-order valence-electron chi connectivity index (χ2n) is 6.57. The van der Waals surface area contributed by atoms with Crippen molar-refractivity contribution in [1.82, 2.24) is 9.88 Å². The van der Waals surface area contributed by atoms with Gasteiger partial charge in [0.15, 0.2) is 0 Å². The first-order valence-corrected chi connectivity index (χ1v) is 8.48. The van der Waals surface area contributed by atoms with Gasteiger partial charge in [-0.3, -0.25) is 4.79 Å². The lowest BCUT2D eigenvalue weighted by Crippen LogP contribution is -2.32. The fourth-order valence-electron chi connectivity index (χ4n) is 2.71. The fraction of sp³-hybridized carbons (Fsp3) is 0.526. The average Bonchev–Trinajstić information content (AvgIpc) is 2.90. The molecule has 126 valence electrons. The van der Waals surface area contributed by atoms with Crippen molar-refractivity contribution < 1.29 is 9.53 Å². The first-order valence-electron chi connectivity index (χ1n) is 8.48. The Morgan fingerprint density at radius 2 is 2.00 bits per heavy atom. The molecular weight excluding hydrogens is 288 g/mol. The molecule has 0 unspecified atom stereocenters. The standard InChI is InChI=1S/C19H28N2O2/c1-6-21(14(4)5)10-9-15-12-20-18-8-7-16(11-17(15)18)23-19(22)13(2)3/h7-8,11-14,20H,6,9-10H2,1-5H3. The molecule has 1 N–H and O–H groups in total. The molecule has 0 saturated heterocycles. The highest BCUT2D eigenvalue weighted by Gasteiger charge is 2.13. The number of carbonyl (C=O) groups excluding carboxylic acids is 1. The highest BCUT2D eigenvalue weighted by atomic mass is 16.5. The molecule has 23 heavy (non-hydrogen) atoms. The third-order valence-electron chi connectivity index (χ3n) is 4.23. The molecule has 0 aliphatic heterocycles. The van der Waals surface area contributed by atoms with Crippen molar-refractivity contribution in [3.05, 3.63) is 30.0 Å². The normalized spacial score (nSPS) is 11.8. The van der Waals surface area contributed by atoms with E-state index in [0.29, 0.717) is 11.8 Å². The number of hydrogen-bond acceptors (Lipinski definition) is 3. The van der Waals surface area contributed by atoms with Gasteiger partial charge in [0, 0.05) is 29.7 Å². The predicted octanol–water partition coefficient (Wildman–Crippen LogP) is 4.00. The van der Waals surface area contributed by atoms with Crippen LogP contribution >= 0.6 is 0 Å². The van der Waals surface area contributed by atoms with Gasteiger partial charge in [-0.15, -0.1) is 0 Å². The molecule has 0 aliphatic carbocycles. The van der Waals surface area contributed by atoms with Crippen LogP contribution in [0.15, 0.2) is 24.4 Å². The lowest BCUT2D eigenvalue weighted by atomic mass is 10.1. The van der Waals surface area contributed by atoms with Crippen LogP contribution in [0.25, 0.3) is 10.9 Å². The molecule has 0 saturated carbocycles. The maximum absolute atomic E-state index is 11.8. The summed E-state index contributed by atoms with van der Waals surface area (Å²) in [4.78, 5) is 17.5. The Hall–Kier alpha value is -1.81. The van der Waals surface area contributed by atoms with Crippen LogP contribution in [0.2, 0.25) is 0 Å². The number of benzene rings is 1. The Morgan fingerprint density at radius 1 is 1.26 bits per heavy atom. The van der Waals surface area contributed by atoms with Crippen molar-refractivity contribution in [1.29, 1.82) is 0 Å². The third kappa shape index (κ3) is 4.35. The number of ether oxygens (including phenoxy) is 1. The maximum Gasteiger partial charge on any atom is 0.313 e. The lowest BCUT2D eigenvalue weighted by molar-refractivity contribution is -0.137. The molecule has 0 spiro atoms. The minimum absolute atomic E-state index is 0.124. The van der Waals surface area contributed by atoms with E-state index in [4.69, 9.17) is 4.74 Å². The summed E-state index contributed by atoms with van der Waals surface area (Å²) in [6.45, 7) is 12.4. The highest BCUT2D eigenvalue weighted by molar-refractivity contribution is 5.85. The lowest BCUT2D eigenvalue weighted by Gasteiger charge is -2.24. The zero-order valence-corrected chi connectivity index (χ0v) is 14.8. The SMILES string of the molecule is CCN(CCc1c[nH]c2ccc(OC(=O)C(C)C)cc12)C(C)C. The topological polar surface area (TPSA) is 45.3 Å². The molecule has 0 amide bonds. The number of aromatic amines is 1. The summed E-state index contributed by atoms with van der Waals surface area (Å²) in [6, 6.07) is 6.33. The van der Waals surface area contributed by atoms with Crippen LogP contribution in [0, 0.1) is 5.92 Å². The monoisotopic (exact) mass is 316 g/mol. The molecule has 4 heteroatoms. The van der Waals surface area contributed by atoms with Crippen molar-refractivity contribution in [2.24, 2.45) is 5.92 Å². The molecular formula is C19H28N2O2. The Labute approximate surface area is 138 Å². The zero-order valence-electron chi connectivity index (χ0n) is 14.8. The van der Waals surface area contributed by atoms with E-state index in [1.165, 1.54) is 5.56 Å². The third-order valence-corrected chi connectivity index (χ3v) is 4.23. The average molecular weight is 316 g/mol. The van der Waals surface area contributed by atoms with Crippen LogP contribution in [-0.4, -0.2) is 35.0 Å². The van der Waals surface area contributed by atoms with E-state index >= 15 is 0 Å². The Bertz CT molecular complexity index is 658. The van der Waals surface area contributed by atoms with Crippen molar-refractivity contribution in [2.75, 3.05) is 13.1 Å². The molecule has 2 aromatic rings. The molecule has 0 bridgehead atoms. The van der Waals surface area contributed by atoms with Crippen LogP contribution < -0.4 is 4.74 Å². The number of likely N-dealkylation sites (N-methyl/N-ethyl adjacent to an activating group) is 1. The van der Waals surface area contributed by atoms with Gasteiger partial charge in [0.1, 0.15) is 5.75 Å². The first-order chi connectivity index (χ1) is 10.9. The Balaban J connectivity index is 2.16. The van der Waals surface area contributed by atoms with Gasteiger partial charge in [-0.25, -0.2) is 0 Å². The molecule has 0 atom stereocenters. The van der Waals surface area contributed by atoms with Crippen LogP contribution in [0.1, 0.15) is 40.2 Å². The molecule has 0 fully saturated rings. The summed E-state index contributed by atoms with van der Waals surface area (Å²) in [6.07, 6.45) is 3.04. The van der Waals surface area contributed by atoms with E-state index in [1.54, 1.807) is 0 Å². The Morgan fingerprint density at radius 3 is 2.61 bits per heavy atom. The zero-order chi connectivity index (χ0) is 17.0. The van der Waals surface area contributed by atoms with Crippen LogP contribution in [0.4, 0.5) is 0 Å². The van der Waals surface area contributed by atoms with Gasteiger partial charge >= 0.3 is 5.97 Å². The maximum atomic E-state index is 11.8. The second kappa shape index (κ2) is 7.64. The summed E-state index contributed by atoms with van der Waals surface area (Å²) in [5.74, 6) is 0.298. The van der Waals surface area contributed by atoms with Crippen molar-refractivity contribution >= 4 is 16.9 Å². The number of carbonyl (C=O) groups is 1. The van der Waals surface area contributed by atoms with Gasteiger partial charge in [-0.2, -0.15) is 0 Å². The summed E-state index contributed by atoms with van der Waals surface area (Å²) < 4.78 is 5.43. The van der Waals surface area contributed by atoms with Gasteiger partial charge in [0.05, 0.1) is 5.92 Å². The quantitative estimate of drug-likeness (QED) is 0.620. The van der Waals surface area contributed by atoms with E-state index in [9.17, 15) is 4.79 Å². The van der Waals surface area contributed by atoms with Crippen molar-refractivity contribution in [2.45, 2.75) is 47.1 Å². The molecule has 4 nitrogen and oxygen atoms in total. The van der Waals surface area contributed by atoms with E-state index in [0.717, 1.165) is 30.4 Å². The number of hydrogen-bond donors (Lipinski definition) is 1. The fourth-order valence-corrected chi connectivity index (χ4v) is 2.71. The first kappa shape index (κ1) is 17.5. The van der Waals surface area contributed by atoms with Gasteiger partial charge in [-0.05, 0) is 50.6 Å². The summed E-state index contributed by atoms with van der Waals surface area (Å²) in [5.41, 5.74) is 2.35. The second-order valence-corrected chi connectivity index (χ2v) is 6.57. The van der Waals surface area contributed by atoms with Gasteiger partial charge in [-0.1, -0.05) is 20.8 Å². The van der Waals surface area contributed by atoms with E-state index in [1.807, 2.05) is 32.0 Å². The number of rotatable bonds is 7. The minimum atomic E-state index is -0.196. The number of fused-ring (bicyclic) bond motifs is 1. The number of H-pyrrole nitrogens is 1. The van der Waals surface area contributed by atoms with Crippen LogP contribution in [0.3, 0.4) is 0 Å². The van der Waals surface area contributed by atoms with E-state index in [-0.39, 0.29) is 11.9 Å². The van der Waals surface area contributed by atoms with Gasteiger partial charge < -0.3 is 14.6 Å². The summed E-state index contributed by atoms with van der Waals surface area (Å²) >= 11 is 0. The van der Waals surface area contributed by atoms with Crippen LogP contribution in [-0.2, 0) is 11.2 Å². The minimum Gasteiger partial charge on any atom is -0.426 e. The molecule has 1 heterocycles. The van der Waals surface area contributed by atoms with Crippen molar-refractivity contribution in [3.63, 3.8) is 0 Å². The van der Waals surface area contributed by atoms with Crippen molar-refractivity contribution in [3.8, 4) is 5.75 Å². The van der Waals surface area contributed by atoms with Gasteiger partial charge in [0.2, 0.25) is 0 Å². The van der Waals surface area contributed by atoms with E-state index < -0.39 is 0 Å². The summed E-state index contributed by atoms with van der Waals surface area (Å²) in [5, 5.41) is 1.14. The number of nitrogens with one attached hydrogen (secondary N) is 1. The number of nitrogens with zero attached hydrogens (tertiary/aromatic N) is 1. The molecule has 0 radical (unpaired) electrons. The number of esters is 1. The predicted molar refractivity (Wildman–Crippen MR) is 94.9 cm³/mol. The Kier molecular flexibility index (Phi) is 5.83. The molecule has 1 aromatic carbocycles. The highest BCUT2D eigenvalue weighted by Crippen LogP contribution is 2.25. The molecule has 2 rings (SSSR count). The van der Waals surface area contributed by atoms with Crippen LogP contribution in [0.5, 0.6) is 5.75 Å². The molecule has 1 aromatic heterocycles. The summed E-state index contributed by atoms with van der Waals surface area (Å²) in [7, 11) is 0.